The number of carbonyl (C=O) groups excluding carboxylic acids is 1. The summed E-state index contributed by atoms with van der Waals surface area (Å²) in [7, 11) is -3.85. The molecule has 21 heavy (non-hydrogen) atoms. The molecule has 0 spiro atoms. The van der Waals surface area contributed by atoms with Crippen molar-refractivity contribution in [3.8, 4) is 0 Å². The summed E-state index contributed by atoms with van der Waals surface area (Å²) in [4.78, 5) is 14.3. The zero-order chi connectivity index (χ0) is 16.4. The maximum atomic E-state index is 12.6. The van der Waals surface area contributed by atoms with E-state index in [-0.39, 0.29) is 10.8 Å². The van der Waals surface area contributed by atoms with Gasteiger partial charge in [0, 0.05) is 23.1 Å². The largest absolute Gasteiger partial charge is 0.339 e. The molecule has 1 aromatic rings. The van der Waals surface area contributed by atoms with Crippen molar-refractivity contribution in [1.82, 2.24) is 4.90 Å². The van der Waals surface area contributed by atoms with Gasteiger partial charge in [-0.1, -0.05) is 29.8 Å². The van der Waals surface area contributed by atoms with Crippen LogP contribution < -0.4 is 5.14 Å². The minimum Gasteiger partial charge on any atom is -0.339 e. The molecule has 0 radical (unpaired) electrons. The van der Waals surface area contributed by atoms with E-state index in [1.54, 1.807) is 11.8 Å². The second-order valence-electron chi connectivity index (χ2n) is 5.36. The highest BCUT2D eigenvalue weighted by atomic mass is 79.9. The molecular formula is C14H21BrN2O3S. The summed E-state index contributed by atoms with van der Waals surface area (Å²) in [6, 6.07) is 2.76. The molecule has 1 rings (SSSR count). The van der Waals surface area contributed by atoms with Crippen LogP contribution in [0.25, 0.3) is 0 Å². The standard InChI is InChI=1S/C14H21BrN2O3S/c1-5-17(8-9(2)3)14(18)12-6-11(21(16,19)20)7-13(15)10(12)4/h6-7,9H,5,8H2,1-4H3,(H2,16,19,20). The molecule has 0 aliphatic heterocycles. The Hall–Kier alpha value is -0.920. The molecular weight excluding hydrogens is 356 g/mol. The van der Waals surface area contributed by atoms with E-state index in [1.165, 1.54) is 12.1 Å². The van der Waals surface area contributed by atoms with E-state index in [9.17, 15) is 13.2 Å². The van der Waals surface area contributed by atoms with E-state index in [4.69, 9.17) is 5.14 Å². The van der Waals surface area contributed by atoms with Gasteiger partial charge < -0.3 is 4.90 Å². The second-order valence-corrected chi connectivity index (χ2v) is 7.78. The molecule has 0 saturated heterocycles. The number of rotatable bonds is 5. The van der Waals surface area contributed by atoms with Crippen molar-refractivity contribution in [2.24, 2.45) is 11.1 Å². The van der Waals surface area contributed by atoms with E-state index >= 15 is 0 Å². The van der Waals surface area contributed by atoms with Gasteiger partial charge >= 0.3 is 0 Å². The molecule has 0 saturated carbocycles. The average molecular weight is 377 g/mol. The first-order valence-corrected chi connectivity index (χ1v) is 9.04. The molecule has 118 valence electrons. The predicted octanol–water partition coefficient (Wildman–Crippen LogP) is 2.52. The number of sulfonamides is 1. The molecule has 0 bridgehead atoms. The first kappa shape index (κ1) is 18.1. The van der Waals surface area contributed by atoms with Gasteiger partial charge in [0.05, 0.1) is 4.90 Å². The predicted molar refractivity (Wildman–Crippen MR) is 86.7 cm³/mol. The third kappa shape index (κ3) is 4.52. The highest BCUT2D eigenvalue weighted by Gasteiger charge is 2.21. The summed E-state index contributed by atoms with van der Waals surface area (Å²) in [6.07, 6.45) is 0. The van der Waals surface area contributed by atoms with E-state index in [0.29, 0.717) is 34.6 Å². The summed E-state index contributed by atoms with van der Waals surface area (Å²) in [5.41, 5.74) is 1.06. The number of nitrogens with zero attached hydrogens (tertiary/aromatic N) is 1. The van der Waals surface area contributed by atoms with E-state index in [0.717, 1.165) is 0 Å². The van der Waals surface area contributed by atoms with Crippen LogP contribution in [0.4, 0.5) is 0 Å². The van der Waals surface area contributed by atoms with Crippen LogP contribution in [0, 0.1) is 12.8 Å². The maximum absolute atomic E-state index is 12.6. The van der Waals surface area contributed by atoms with Crippen molar-refractivity contribution < 1.29 is 13.2 Å². The Kier molecular flexibility index (Phi) is 5.95. The number of benzene rings is 1. The first-order valence-electron chi connectivity index (χ1n) is 6.70. The lowest BCUT2D eigenvalue weighted by atomic mass is 10.1. The SMILES string of the molecule is CCN(CC(C)C)C(=O)c1cc(S(N)(=O)=O)cc(Br)c1C. The number of nitrogens with two attached hydrogens (primary N) is 1. The Morgan fingerprint density at radius 3 is 2.38 bits per heavy atom. The zero-order valence-electron chi connectivity index (χ0n) is 12.7. The fourth-order valence-corrected chi connectivity index (χ4v) is 3.18. The first-order chi connectivity index (χ1) is 9.57. The van der Waals surface area contributed by atoms with Crippen LogP contribution in [-0.2, 0) is 10.0 Å². The molecule has 2 N–H and O–H groups in total. The van der Waals surface area contributed by atoms with Crippen LogP contribution in [0.3, 0.4) is 0 Å². The molecule has 0 aromatic heterocycles. The quantitative estimate of drug-likeness (QED) is 0.856. The Morgan fingerprint density at radius 2 is 1.95 bits per heavy atom. The molecule has 0 atom stereocenters. The van der Waals surface area contributed by atoms with Gasteiger partial charge in [0.2, 0.25) is 10.0 Å². The number of hydrogen-bond acceptors (Lipinski definition) is 3. The third-order valence-corrected chi connectivity index (χ3v) is 4.85. The van der Waals surface area contributed by atoms with E-state index < -0.39 is 10.0 Å². The molecule has 0 aliphatic rings. The van der Waals surface area contributed by atoms with Gasteiger partial charge in [-0.2, -0.15) is 0 Å². The smallest absolute Gasteiger partial charge is 0.254 e. The van der Waals surface area contributed by atoms with Crippen molar-refractivity contribution in [3.63, 3.8) is 0 Å². The Bertz CT molecular complexity index is 642. The topological polar surface area (TPSA) is 80.5 Å². The van der Waals surface area contributed by atoms with Gasteiger partial charge in [-0.05, 0) is 37.5 Å². The van der Waals surface area contributed by atoms with Gasteiger partial charge in [-0.15, -0.1) is 0 Å². The van der Waals surface area contributed by atoms with Gasteiger partial charge in [0.1, 0.15) is 0 Å². The Morgan fingerprint density at radius 1 is 1.38 bits per heavy atom. The van der Waals surface area contributed by atoms with Crippen LogP contribution in [0.5, 0.6) is 0 Å². The summed E-state index contributed by atoms with van der Waals surface area (Å²) in [5, 5.41) is 5.16. The van der Waals surface area contributed by atoms with Gasteiger partial charge in [0.25, 0.3) is 5.91 Å². The number of primary sulfonamides is 1. The summed E-state index contributed by atoms with van der Waals surface area (Å²) < 4.78 is 23.6. The summed E-state index contributed by atoms with van der Waals surface area (Å²) >= 11 is 3.29. The van der Waals surface area contributed by atoms with Crippen molar-refractivity contribution >= 4 is 31.9 Å². The summed E-state index contributed by atoms with van der Waals surface area (Å²) in [5.74, 6) is 0.147. The van der Waals surface area contributed by atoms with E-state index in [2.05, 4.69) is 15.9 Å². The number of halogens is 1. The fraction of sp³-hybridized carbons (Fsp3) is 0.500. The summed E-state index contributed by atoms with van der Waals surface area (Å²) in [6.45, 7) is 8.90. The van der Waals surface area contributed by atoms with Gasteiger partial charge in [-0.25, -0.2) is 13.6 Å². The van der Waals surface area contributed by atoms with Crippen LogP contribution in [0.1, 0.15) is 36.7 Å². The monoisotopic (exact) mass is 376 g/mol. The highest BCUT2D eigenvalue weighted by Crippen LogP contribution is 2.25. The van der Waals surface area contributed by atoms with Crippen molar-refractivity contribution in [2.75, 3.05) is 13.1 Å². The molecule has 0 unspecified atom stereocenters. The molecule has 5 nitrogen and oxygen atoms in total. The van der Waals surface area contributed by atoms with Crippen molar-refractivity contribution in [2.45, 2.75) is 32.6 Å². The lowest BCUT2D eigenvalue weighted by Crippen LogP contribution is -2.34. The van der Waals surface area contributed by atoms with Crippen LogP contribution in [0.2, 0.25) is 0 Å². The van der Waals surface area contributed by atoms with Gasteiger partial charge in [-0.3, -0.25) is 4.79 Å². The van der Waals surface area contributed by atoms with Crippen LogP contribution in [0.15, 0.2) is 21.5 Å². The minimum atomic E-state index is -3.85. The zero-order valence-corrected chi connectivity index (χ0v) is 15.1. The fourth-order valence-electron chi connectivity index (χ4n) is 2.01. The lowest BCUT2D eigenvalue weighted by molar-refractivity contribution is 0.0744. The molecule has 1 amide bonds. The lowest BCUT2D eigenvalue weighted by Gasteiger charge is -2.24. The number of carbonyl (C=O) groups is 1. The molecule has 7 heteroatoms. The third-order valence-electron chi connectivity index (χ3n) is 3.13. The molecule has 0 fully saturated rings. The van der Waals surface area contributed by atoms with Crippen LogP contribution in [-0.4, -0.2) is 32.3 Å². The maximum Gasteiger partial charge on any atom is 0.254 e. The average Bonchev–Trinajstić information content (AvgIpc) is 2.36. The molecule has 0 aliphatic carbocycles. The minimum absolute atomic E-state index is 0.0658. The normalized spacial score (nSPS) is 11.8. The van der Waals surface area contributed by atoms with Crippen molar-refractivity contribution in [3.05, 3.63) is 27.7 Å². The number of hydrogen-bond donors (Lipinski definition) is 1. The second kappa shape index (κ2) is 6.89. The Labute approximate surface area is 134 Å². The number of amides is 1. The van der Waals surface area contributed by atoms with Crippen LogP contribution >= 0.6 is 15.9 Å². The van der Waals surface area contributed by atoms with E-state index in [1.807, 2.05) is 20.8 Å². The van der Waals surface area contributed by atoms with Gasteiger partial charge in [0.15, 0.2) is 0 Å². The molecule has 0 heterocycles. The van der Waals surface area contributed by atoms with Crippen molar-refractivity contribution in [1.29, 1.82) is 0 Å². The Balaban J connectivity index is 3.35. The molecule has 1 aromatic carbocycles. The highest BCUT2D eigenvalue weighted by molar-refractivity contribution is 9.10.